The van der Waals surface area contributed by atoms with E-state index in [9.17, 15) is 24.0 Å². The predicted molar refractivity (Wildman–Crippen MR) is 85.7 cm³/mol. The normalized spacial score (nSPS) is 18.9. The molecule has 6 amide bonds. The van der Waals surface area contributed by atoms with Crippen molar-refractivity contribution in [1.29, 1.82) is 0 Å². The summed E-state index contributed by atoms with van der Waals surface area (Å²) in [7, 11) is 0. The largest absolute Gasteiger partial charge is 0.334 e. The average Bonchev–Trinajstić information content (AvgIpc) is 3.02. The van der Waals surface area contributed by atoms with Gasteiger partial charge in [0.2, 0.25) is 11.8 Å². The quantitative estimate of drug-likeness (QED) is 0.525. The number of urea groups is 1. The molecule has 0 bridgehead atoms. The van der Waals surface area contributed by atoms with Crippen molar-refractivity contribution in [3.05, 3.63) is 42.0 Å². The van der Waals surface area contributed by atoms with Crippen LogP contribution >= 0.6 is 0 Å². The molecule has 9 nitrogen and oxygen atoms in total. The molecule has 1 unspecified atom stereocenters. The Kier molecular flexibility index (Phi) is 4.05. The highest BCUT2D eigenvalue weighted by Crippen LogP contribution is 2.29. The van der Waals surface area contributed by atoms with Gasteiger partial charge in [-0.3, -0.25) is 29.4 Å². The summed E-state index contributed by atoms with van der Waals surface area (Å²) in [6.07, 6.45) is 1.26. The highest BCUT2D eigenvalue weighted by Gasteiger charge is 2.46. The first-order chi connectivity index (χ1) is 11.9. The Morgan fingerprint density at radius 1 is 1.24 bits per heavy atom. The first kappa shape index (κ1) is 16.4. The van der Waals surface area contributed by atoms with Gasteiger partial charge in [0.15, 0.2) is 0 Å². The number of nitrogens with one attached hydrogen (secondary N) is 3. The SMILES string of the molecule is C=CCNC(=O)Nc1ccc2c(c1)C(=O)N(C1CC(=O)NC1=O)C2=O. The number of benzene rings is 1. The van der Waals surface area contributed by atoms with Crippen molar-refractivity contribution in [3.8, 4) is 0 Å². The summed E-state index contributed by atoms with van der Waals surface area (Å²) >= 11 is 0. The standard InChI is InChI=1S/C16H14N4O5/c1-2-5-17-16(25)18-8-3-4-9-10(6-8)15(24)20(14(9)23)11-7-12(21)19-13(11)22/h2-4,6,11H,1,5,7H2,(H2,17,18,25)(H,19,21,22). The van der Waals surface area contributed by atoms with Crippen molar-refractivity contribution in [3.63, 3.8) is 0 Å². The number of rotatable bonds is 4. The Hall–Kier alpha value is -3.49. The molecule has 128 valence electrons. The highest BCUT2D eigenvalue weighted by atomic mass is 16.2. The first-order valence-corrected chi connectivity index (χ1v) is 7.43. The van der Waals surface area contributed by atoms with E-state index < -0.39 is 35.7 Å². The van der Waals surface area contributed by atoms with Gasteiger partial charge in [-0.2, -0.15) is 0 Å². The molecule has 0 aliphatic carbocycles. The second-order valence-electron chi connectivity index (χ2n) is 5.50. The van der Waals surface area contributed by atoms with E-state index in [2.05, 4.69) is 22.5 Å². The van der Waals surface area contributed by atoms with Crippen molar-refractivity contribution in [2.24, 2.45) is 0 Å². The minimum Gasteiger partial charge on any atom is -0.334 e. The van der Waals surface area contributed by atoms with Crippen molar-refractivity contribution < 1.29 is 24.0 Å². The van der Waals surface area contributed by atoms with Crippen LogP contribution in [0.3, 0.4) is 0 Å². The Labute approximate surface area is 142 Å². The third-order valence-corrected chi connectivity index (χ3v) is 3.84. The maximum Gasteiger partial charge on any atom is 0.319 e. The number of hydrogen-bond donors (Lipinski definition) is 3. The molecule has 2 aliphatic heterocycles. The molecule has 1 atom stereocenters. The number of hydrogen-bond acceptors (Lipinski definition) is 5. The third kappa shape index (κ3) is 2.87. The molecule has 1 aromatic rings. The minimum absolute atomic E-state index is 0.0682. The van der Waals surface area contributed by atoms with Gasteiger partial charge < -0.3 is 10.6 Å². The van der Waals surface area contributed by atoms with Crippen molar-refractivity contribution in [2.75, 3.05) is 11.9 Å². The van der Waals surface area contributed by atoms with Crippen molar-refractivity contribution >= 4 is 35.3 Å². The molecule has 3 rings (SSSR count). The van der Waals surface area contributed by atoms with Gasteiger partial charge in [-0.15, -0.1) is 6.58 Å². The molecule has 0 saturated carbocycles. The van der Waals surface area contributed by atoms with E-state index in [0.29, 0.717) is 5.69 Å². The van der Waals surface area contributed by atoms with Gasteiger partial charge in [0.1, 0.15) is 6.04 Å². The first-order valence-electron chi connectivity index (χ1n) is 7.43. The van der Waals surface area contributed by atoms with E-state index in [1.807, 2.05) is 0 Å². The lowest BCUT2D eigenvalue weighted by atomic mass is 10.1. The second kappa shape index (κ2) is 6.19. The van der Waals surface area contributed by atoms with Crippen molar-refractivity contribution in [2.45, 2.75) is 12.5 Å². The number of carbonyl (C=O) groups excluding carboxylic acids is 5. The molecule has 2 aliphatic rings. The van der Waals surface area contributed by atoms with E-state index in [-0.39, 0.29) is 24.1 Å². The third-order valence-electron chi connectivity index (χ3n) is 3.84. The van der Waals surface area contributed by atoms with E-state index in [1.54, 1.807) is 0 Å². The van der Waals surface area contributed by atoms with Gasteiger partial charge >= 0.3 is 6.03 Å². The van der Waals surface area contributed by atoms with E-state index in [4.69, 9.17) is 0 Å². The number of anilines is 1. The summed E-state index contributed by atoms with van der Waals surface area (Å²) in [4.78, 5) is 60.5. The number of carbonyl (C=O) groups is 5. The van der Waals surface area contributed by atoms with Crippen LogP contribution in [0, 0.1) is 0 Å². The fraction of sp³-hybridized carbons (Fsp3) is 0.188. The summed E-state index contributed by atoms with van der Waals surface area (Å²) in [6, 6.07) is 2.59. The van der Waals surface area contributed by atoms with Crippen LogP contribution in [0.4, 0.5) is 10.5 Å². The average molecular weight is 342 g/mol. The van der Waals surface area contributed by atoms with Crippen LogP contribution in [0.1, 0.15) is 27.1 Å². The smallest absolute Gasteiger partial charge is 0.319 e. The van der Waals surface area contributed by atoms with Crippen LogP contribution in [0.25, 0.3) is 0 Å². The van der Waals surface area contributed by atoms with Gasteiger partial charge in [0.05, 0.1) is 17.5 Å². The molecule has 1 saturated heterocycles. The zero-order valence-electron chi connectivity index (χ0n) is 13.0. The molecule has 2 heterocycles. The van der Waals surface area contributed by atoms with Gasteiger partial charge in [-0.05, 0) is 18.2 Å². The van der Waals surface area contributed by atoms with E-state index in [0.717, 1.165) is 4.90 Å². The van der Waals surface area contributed by atoms with Gasteiger partial charge in [0, 0.05) is 12.2 Å². The van der Waals surface area contributed by atoms with Gasteiger partial charge in [0.25, 0.3) is 11.8 Å². The minimum atomic E-state index is -1.15. The lowest BCUT2D eigenvalue weighted by Gasteiger charge is -2.18. The number of imide groups is 2. The van der Waals surface area contributed by atoms with Crippen LogP contribution in [-0.4, -0.2) is 47.1 Å². The Bertz CT molecular complexity index is 832. The number of amides is 6. The molecule has 3 N–H and O–H groups in total. The topological polar surface area (TPSA) is 125 Å². The zero-order chi connectivity index (χ0) is 18.1. The molecule has 1 fully saturated rings. The Balaban J connectivity index is 1.83. The maximum absolute atomic E-state index is 12.5. The summed E-state index contributed by atoms with van der Waals surface area (Å²) < 4.78 is 0. The van der Waals surface area contributed by atoms with E-state index in [1.165, 1.54) is 24.3 Å². The monoisotopic (exact) mass is 342 g/mol. The summed E-state index contributed by atoms with van der Waals surface area (Å²) in [6.45, 7) is 3.75. The fourth-order valence-corrected chi connectivity index (χ4v) is 2.71. The second-order valence-corrected chi connectivity index (χ2v) is 5.50. The summed E-state index contributed by atoms with van der Waals surface area (Å²) in [5.41, 5.74) is 0.503. The summed E-state index contributed by atoms with van der Waals surface area (Å²) in [5, 5.41) is 7.11. The molecular weight excluding hydrogens is 328 g/mol. The van der Waals surface area contributed by atoms with Gasteiger partial charge in [-0.25, -0.2) is 4.79 Å². The van der Waals surface area contributed by atoms with Crippen LogP contribution in [0.5, 0.6) is 0 Å². The molecular formula is C16H14N4O5. The van der Waals surface area contributed by atoms with E-state index >= 15 is 0 Å². The summed E-state index contributed by atoms with van der Waals surface area (Å²) in [5.74, 6) is -2.53. The molecule has 9 heteroatoms. The Morgan fingerprint density at radius 3 is 2.60 bits per heavy atom. The molecule has 1 aromatic carbocycles. The van der Waals surface area contributed by atoms with Crippen LogP contribution < -0.4 is 16.0 Å². The lowest BCUT2D eigenvalue weighted by molar-refractivity contribution is -0.125. The molecule has 25 heavy (non-hydrogen) atoms. The zero-order valence-corrected chi connectivity index (χ0v) is 13.0. The predicted octanol–water partition coefficient (Wildman–Crippen LogP) is 0.00520. The molecule has 0 spiro atoms. The number of fused-ring (bicyclic) bond motifs is 1. The van der Waals surface area contributed by atoms with Crippen LogP contribution in [0.15, 0.2) is 30.9 Å². The lowest BCUT2D eigenvalue weighted by Crippen LogP contribution is -2.44. The number of nitrogens with zero attached hydrogens (tertiary/aromatic N) is 1. The Morgan fingerprint density at radius 2 is 1.96 bits per heavy atom. The highest BCUT2D eigenvalue weighted by molar-refractivity contribution is 6.24. The molecule has 0 aromatic heterocycles. The fourth-order valence-electron chi connectivity index (χ4n) is 2.71. The van der Waals surface area contributed by atoms with Gasteiger partial charge in [-0.1, -0.05) is 6.08 Å². The molecule has 0 radical (unpaired) electrons. The van der Waals surface area contributed by atoms with Crippen LogP contribution in [-0.2, 0) is 9.59 Å². The maximum atomic E-state index is 12.5. The van der Waals surface area contributed by atoms with Crippen LogP contribution in [0.2, 0.25) is 0 Å². The van der Waals surface area contributed by atoms with Crippen molar-refractivity contribution in [1.82, 2.24) is 15.5 Å².